The van der Waals surface area contributed by atoms with Gasteiger partial charge in [-0.25, -0.2) is 0 Å². The monoisotopic (exact) mass is 278 g/mol. The van der Waals surface area contributed by atoms with E-state index in [1.54, 1.807) is 5.57 Å². The molecule has 3 heteroatoms. The largest absolute Gasteiger partial charge is 0.379 e. The maximum Gasteiger partial charge on any atom is 0.0594 e. The molecular formula is C17H30N2O. The van der Waals surface area contributed by atoms with Crippen molar-refractivity contribution in [2.24, 2.45) is 11.8 Å². The van der Waals surface area contributed by atoms with Crippen molar-refractivity contribution in [1.29, 1.82) is 0 Å². The second-order valence-electron chi connectivity index (χ2n) is 6.96. The van der Waals surface area contributed by atoms with Gasteiger partial charge in [-0.3, -0.25) is 4.90 Å². The van der Waals surface area contributed by atoms with Crippen molar-refractivity contribution >= 4 is 0 Å². The van der Waals surface area contributed by atoms with Crippen LogP contribution >= 0.6 is 0 Å². The standard InChI is InChI=1S/C17H30N2O/c1-14-4-3-5-15(2)17(14)13-18-7-6-16(12-18)19-8-10-20-11-9-19/h4,15-17H,3,5-13H2,1-2H3/t15-,16-,17+/m0/s1. The molecule has 3 aliphatic rings. The Hall–Kier alpha value is -0.380. The topological polar surface area (TPSA) is 15.7 Å². The quantitative estimate of drug-likeness (QED) is 0.737. The molecule has 114 valence electrons. The first-order chi connectivity index (χ1) is 9.74. The van der Waals surface area contributed by atoms with Crippen LogP contribution in [0, 0.1) is 11.8 Å². The van der Waals surface area contributed by atoms with Crippen LogP contribution in [0.5, 0.6) is 0 Å². The van der Waals surface area contributed by atoms with Crippen molar-refractivity contribution < 1.29 is 4.74 Å². The van der Waals surface area contributed by atoms with Crippen LogP contribution in [-0.2, 0) is 4.74 Å². The summed E-state index contributed by atoms with van der Waals surface area (Å²) < 4.78 is 5.47. The van der Waals surface area contributed by atoms with Crippen LogP contribution in [0.4, 0.5) is 0 Å². The van der Waals surface area contributed by atoms with Gasteiger partial charge in [0.25, 0.3) is 0 Å². The summed E-state index contributed by atoms with van der Waals surface area (Å²) in [5, 5.41) is 0. The van der Waals surface area contributed by atoms with Crippen molar-refractivity contribution in [1.82, 2.24) is 9.80 Å². The third-order valence-corrected chi connectivity index (χ3v) is 5.62. The van der Waals surface area contributed by atoms with Gasteiger partial charge < -0.3 is 9.64 Å². The molecule has 0 bridgehead atoms. The summed E-state index contributed by atoms with van der Waals surface area (Å²) in [7, 11) is 0. The second-order valence-corrected chi connectivity index (χ2v) is 6.96. The maximum atomic E-state index is 5.47. The Morgan fingerprint density at radius 1 is 1.20 bits per heavy atom. The van der Waals surface area contributed by atoms with E-state index >= 15 is 0 Å². The molecule has 3 nitrogen and oxygen atoms in total. The molecule has 0 amide bonds. The summed E-state index contributed by atoms with van der Waals surface area (Å²) in [6.07, 6.45) is 6.49. The zero-order chi connectivity index (χ0) is 13.9. The highest BCUT2D eigenvalue weighted by Gasteiger charge is 2.31. The van der Waals surface area contributed by atoms with Gasteiger partial charge in [0.05, 0.1) is 13.2 Å². The third-order valence-electron chi connectivity index (χ3n) is 5.62. The smallest absolute Gasteiger partial charge is 0.0594 e. The normalized spacial score (nSPS) is 37.1. The minimum Gasteiger partial charge on any atom is -0.379 e. The van der Waals surface area contributed by atoms with E-state index in [1.807, 2.05) is 0 Å². The predicted molar refractivity (Wildman–Crippen MR) is 82.9 cm³/mol. The molecule has 0 aromatic heterocycles. The highest BCUT2D eigenvalue weighted by Crippen LogP contribution is 2.31. The SMILES string of the molecule is CC1=CCC[C@H](C)[C@@H]1CN1CC[C@H](N2CCOCC2)C1. The highest BCUT2D eigenvalue weighted by molar-refractivity contribution is 5.09. The van der Waals surface area contributed by atoms with E-state index in [-0.39, 0.29) is 0 Å². The summed E-state index contributed by atoms with van der Waals surface area (Å²) in [5.74, 6) is 1.66. The van der Waals surface area contributed by atoms with E-state index < -0.39 is 0 Å². The molecule has 1 aliphatic carbocycles. The van der Waals surface area contributed by atoms with E-state index in [4.69, 9.17) is 4.74 Å². The molecule has 0 aromatic carbocycles. The number of likely N-dealkylation sites (tertiary alicyclic amines) is 1. The minimum atomic E-state index is 0.780. The Balaban J connectivity index is 1.52. The molecule has 2 aliphatic heterocycles. The fourth-order valence-electron chi connectivity index (χ4n) is 4.20. The minimum absolute atomic E-state index is 0.780. The lowest BCUT2D eigenvalue weighted by Crippen LogP contribution is -2.45. The van der Waals surface area contributed by atoms with E-state index in [1.165, 1.54) is 38.9 Å². The van der Waals surface area contributed by atoms with Gasteiger partial charge >= 0.3 is 0 Å². The zero-order valence-corrected chi connectivity index (χ0v) is 13.2. The van der Waals surface area contributed by atoms with Gasteiger partial charge in [0.2, 0.25) is 0 Å². The highest BCUT2D eigenvalue weighted by atomic mass is 16.5. The van der Waals surface area contributed by atoms with Gasteiger partial charge in [-0.15, -0.1) is 0 Å². The van der Waals surface area contributed by atoms with Gasteiger partial charge in [-0.1, -0.05) is 18.6 Å². The Bertz CT molecular complexity index is 349. The third kappa shape index (κ3) is 3.26. The van der Waals surface area contributed by atoms with Gasteiger partial charge in [-0.05, 0) is 44.6 Å². The summed E-state index contributed by atoms with van der Waals surface area (Å²) in [5.41, 5.74) is 1.64. The fraction of sp³-hybridized carbons (Fsp3) is 0.882. The van der Waals surface area contributed by atoms with Gasteiger partial charge in [0.15, 0.2) is 0 Å². The predicted octanol–water partition coefficient (Wildman–Crippen LogP) is 2.39. The van der Waals surface area contributed by atoms with Crippen molar-refractivity contribution in [2.45, 2.75) is 39.2 Å². The molecule has 2 fully saturated rings. The number of hydrogen-bond donors (Lipinski definition) is 0. The van der Waals surface area contributed by atoms with Crippen molar-refractivity contribution in [3.8, 4) is 0 Å². The first kappa shape index (κ1) is 14.6. The Labute approximate surface area is 124 Å². The molecule has 2 heterocycles. The number of hydrogen-bond acceptors (Lipinski definition) is 3. The Kier molecular flexibility index (Phi) is 4.79. The van der Waals surface area contributed by atoms with E-state index in [9.17, 15) is 0 Å². The molecule has 0 aromatic rings. The van der Waals surface area contributed by atoms with Crippen LogP contribution < -0.4 is 0 Å². The number of ether oxygens (including phenoxy) is 1. The van der Waals surface area contributed by atoms with Gasteiger partial charge in [0.1, 0.15) is 0 Å². The number of nitrogens with zero attached hydrogens (tertiary/aromatic N) is 2. The number of morpholine rings is 1. The molecule has 20 heavy (non-hydrogen) atoms. The van der Waals surface area contributed by atoms with Crippen molar-refractivity contribution in [2.75, 3.05) is 45.9 Å². The van der Waals surface area contributed by atoms with Crippen LogP contribution in [-0.4, -0.2) is 61.8 Å². The molecule has 0 unspecified atom stereocenters. The first-order valence-electron chi connectivity index (χ1n) is 8.45. The lowest BCUT2D eigenvalue weighted by atomic mass is 9.80. The molecule has 2 saturated heterocycles. The maximum absolute atomic E-state index is 5.47. The van der Waals surface area contributed by atoms with Crippen molar-refractivity contribution in [3.63, 3.8) is 0 Å². The first-order valence-corrected chi connectivity index (χ1v) is 8.45. The van der Waals surface area contributed by atoms with Crippen LogP contribution in [0.1, 0.15) is 33.1 Å². The van der Waals surface area contributed by atoms with E-state index in [2.05, 4.69) is 29.7 Å². The molecule has 3 atom stereocenters. The average molecular weight is 278 g/mol. The summed E-state index contributed by atoms with van der Waals surface area (Å²) in [6, 6.07) is 0.780. The Morgan fingerprint density at radius 2 is 2.00 bits per heavy atom. The lowest BCUT2D eigenvalue weighted by molar-refractivity contribution is 0.0182. The molecule has 0 radical (unpaired) electrons. The molecule has 3 rings (SSSR count). The van der Waals surface area contributed by atoms with Gasteiger partial charge in [0, 0.05) is 32.2 Å². The van der Waals surface area contributed by atoms with Crippen molar-refractivity contribution in [3.05, 3.63) is 11.6 Å². The number of allylic oxidation sites excluding steroid dienone is 1. The molecule has 0 spiro atoms. The molecule has 0 N–H and O–H groups in total. The van der Waals surface area contributed by atoms with Crippen LogP contribution in [0.15, 0.2) is 11.6 Å². The molecule has 0 saturated carbocycles. The zero-order valence-electron chi connectivity index (χ0n) is 13.2. The van der Waals surface area contributed by atoms with E-state index in [0.717, 1.165) is 44.2 Å². The van der Waals surface area contributed by atoms with E-state index in [0.29, 0.717) is 0 Å². The lowest BCUT2D eigenvalue weighted by Gasteiger charge is -2.34. The molecular weight excluding hydrogens is 248 g/mol. The van der Waals surface area contributed by atoms with Gasteiger partial charge in [-0.2, -0.15) is 0 Å². The fourth-order valence-corrected chi connectivity index (χ4v) is 4.20. The summed E-state index contributed by atoms with van der Waals surface area (Å²) in [4.78, 5) is 5.36. The van der Waals surface area contributed by atoms with Crippen LogP contribution in [0.2, 0.25) is 0 Å². The summed E-state index contributed by atoms with van der Waals surface area (Å²) >= 11 is 0. The average Bonchev–Trinajstić information content (AvgIpc) is 2.93. The van der Waals surface area contributed by atoms with Crippen LogP contribution in [0.25, 0.3) is 0 Å². The Morgan fingerprint density at radius 3 is 2.75 bits per heavy atom. The second kappa shape index (κ2) is 6.59. The number of rotatable bonds is 3. The van der Waals surface area contributed by atoms with Crippen LogP contribution in [0.3, 0.4) is 0 Å². The summed E-state index contributed by atoms with van der Waals surface area (Å²) in [6.45, 7) is 12.8.